The molecule has 1 aliphatic heterocycles. The molecule has 3 heteroatoms. The molecule has 0 amide bonds. The maximum Gasteiger partial charge on any atom is 0.156 e. The monoisotopic (exact) mass is 651 g/mol. The molecule has 2 aliphatic carbocycles. The molecule has 0 radical (unpaired) electrons. The van der Waals surface area contributed by atoms with Crippen molar-refractivity contribution in [2.75, 3.05) is 0 Å². The van der Waals surface area contributed by atoms with E-state index in [-0.39, 0.29) is 5.92 Å². The van der Waals surface area contributed by atoms with E-state index < -0.39 is 5.41 Å². The Morgan fingerprint density at radius 2 is 1.20 bits per heavy atom. The first-order valence-corrected chi connectivity index (χ1v) is 17.9. The number of para-hydroxylation sites is 3. The number of nitrogens with zero attached hydrogens (tertiary/aromatic N) is 3. The second-order valence-corrected chi connectivity index (χ2v) is 14.2. The van der Waals surface area contributed by atoms with Gasteiger partial charge in [0.25, 0.3) is 0 Å². The van der Waals surface area contributed by atoms with Gasteiger partial charge in [-0.05, 0) is 69.5 Å². The summed E-state index contributed by atoms with van der Waals surface area (Å²) in [6, 6.07) is 57.2. The van der Waals surface area contributed by atoms with E-state index in [9.17, 15) is 0 Å². The largest absolute Gasteiger partial charge is 0.309 e. The number of rotatable bonds is 3. The van der Waals surface area contributed by atoms with E-state index in [1.165, 1.54) is 66.5 Å². The Bertz CT molecular complexity index is 2730. The highest BCUT2D eigenvalue weighted by Gasteiger charge is 2.53. The molecule has 3 aliphatic rings. The zero-order valence-corrected chi connectivity index (χ0v) is 28.2. The third-order valence-electron chi connectivity index (χ3n) is 11.5. The van der Waals surface area contributed by atoms with Gasteiger partial charge in [0.1, 0.15) is 0 Å². The van der Waals surface area contributed by atoms with Crippen molar-refractivity contribution in [3.63, 3.8) is 0 Å². The zero-order valence-electron chi connectivity index (χ0n) is 28.2. The van der Waals surface area contributed by atoms with E-state index in [4.69, 9.17) is 9.97 Å². The van der Waals surface area contributed by atoms with Gasteiger partial charge in [-0.1, -0.05) is 153 Å². The van der Waals surface area contributed by atoms with E-state index in [2.05, 4.69) is 175 Å². The molecule has 51 heavy (non-hydrogen) atoms. The second kappa shape index (κ2) is 10.6. The smallest absolute Gasteiger partial charge is 0.156 e. The van der Waals surface area contributed by atoms with Crippen molar-refractivity contribution in [1.82, 2.24) is 14.5 Å². The van der Waals surface area contributed by atoms with Crippen LogP contribution in [0.1, 0.15) is 41.4 Å². The Balaban J connectivity index is 1.23. The van der Waals surface area contributed by atoms with Gasteiger partial charge >= 0.3 is 0 Å². The molecule has 0 bridgehead atoms. The molecule has 3 nitrogen and oxygen atoms in total. The minimum absolute atomic E-state index is 0.267. The van der Waals surface area contributed by atoms with Gasteiger partial charge in [0.2, 0.25) is 0 Å². The fourth-order valence-corrected chi connectivity index (χ4v) is 9.46. The highest BCUT2D eigenvalue weighted by molar-refractivity contribution is 6.13. The molecule has 8 aromatic rings. The fourth-order valence-electron chi connectivity index (χ4n) is 9.46. The van der Waals surface area contributed by atoms with Crippen molar-refractivity contribution in [1.29, 1.82) is 0 Å². The van der Waals surface area contributed by atoms with Crippen LogP contribution in [0.2, 0.25) is 0 Å². The zero-order chi connectivity index (χ0) is 33.7. The first-order chi connectivity index (χ1) is 25.2. The highest BCUT2D eigenvalue weighted by atomic mass is 15.0. The topological polar surface area (TPSA) is 30.7 Å². The maximum absolute atomic E-state index is 5.33. The van der Waals surface area contributed by atoms with Crippen molar-refractivity contribution in [2.24, 2.45) is 5.92 Å². The van der Waals surface area contributed by atoms with Crippen molar-refractivity contribution >= 4 is 33.0 Å². The summed E-state index contributed by atoms with van der Waals surface area (Å²) in [5, 5.41) is 2.58. The molecule has 0 fully saturated rings. The molecule has 2 atom stereocenters. The fraction of sp³-hybridized carbons (Fsp3) is 0.0833. The summed E-state index contributed by atoms with van der Waals surface area (Å²) < 4.78 is 2.51. The predicted molar refractivity (Wildman–Crippen MR) is 209 cm³/mol. The van der Waals surface area contributed by atoms with E-state index in [0.29, 0.717) is 0 Å². The van der Waals surface area contributed by atoms with Gasteiger partial charge in [-0.2, -0.15) is 0 Å². The third kappa shape index (κ3) is 3.83. The van der Waals surface area contributed by atoms with Crippen LogP contribution in [0.4, 0.5) is 0 Å². The number of hydrogen-bond acceptors (Lipinski definition) is 2. The van der Waals surface area contributed by atoms with Crippen molar-refractivity contribution in [3.05, 3.63) is 197 Å². The Morgan fingerprint density at radius 1 is 0.588 bits per heavy atom. The van der Waals surface area contributed by atoms with E-state index in [0.717, 1.165) is 34.8 Å². The van der Waals surface area contributed by atoms with E-state index in [1.807, 2.05) is 0 Å². The summed E-state index contributed by atoms with van der Waals surface area (Å²) in [6.45, 7) is 2.39. The third-order valence-corrected chi connectivity index (χ3v) is 11.5. The van der Waals surface area contributed by atoms with Gasteiger partial charge in [0.15, 0.2) is 5.82 Å². The molecule has 11 rings (SSSR count). The normalized spacial score (nSPS) is 18.5. The van der Waals surface area contributed by atoms with E-state index >= 15 is 0 Å². The molecule has 2 aromatic heterocycles. The number of benzene rings is 6. The second-order valence-electron chi connectivity index (χ2n) is 14.2. The lowest BCUT2D eigenvalue weighted by Gasteiger charge is -2.41. The van der Waals surface area contributed by atoms with Gasteiger partial charge in [-0.3, -0.25) is 0 Å². The summed E-state index contributed by atoms with van der Waals surface area (Å²) in [5.41, 5.74) is 16.7. The van der Waals surface area contributed by atoms with Crippen molar-refractivity contribution in [3.8, 4) is 28.2 Å². The van der Waals surface area contributed by atoms with Crippen molar-refractivity contribution < 1.29 is 0 Å². The number of fused-ring (bicyclic) bond motifs is 11. The van der Waals surface area contributed by atoms with Gasteiger partial charge in [0, 0.05) is 21.9 Å². The number of hydrogen-bond donors (Lipinski definition) is 0. The first kappa shape index (κ1) is 28.5. The standard InChI is InChI=1S/C48H33N3/c1-30-27-33(47-49-41(31-15-4-2-5-16-31)29-42(50-47)32-17-6-3-7-18-32)28-40-45(30)36-20-8-10-22-37(36)48(40)38-23-11-13-26-44(38)51-43-25-12-9-19-34(43)35-21-14-24-39(48)46(35)51/h2-26,28-30H,27H2,1H3. The highest BCUT2D eigenvalue weighted by Crippen LogP contribution is 2.63. The average molecular weight is 652 g/mol. The Labute approximate surface area is 296 Å². The number of allylic oxidation sites excluding steroid dienone is 4. The van der Waals surface area contributed by atoms with Crippen LogP contribution in [0.25, 0.3) is 61.2 Å². The summed E-state index contributed by atoms with van der Waals surface area (Å²) in [4.78, 5) is 10.7. The summed E-state index contributed by atoms with van der Waals surface area (Å²) in [6.07, 6.45) is 3.34. The molecule has 2 unspecified atom stereocenters. The van der Waals surface area contributed by atoms with Gasteiger partial charge < -0.3 is 4.57 Å². The van der Waals surface area contributed by atoms with Crippen LogP contribution < -0.4 is 0 Å². The molecule has 0 saturated carbocycles. The SMILES string of the molecule is CC1CC(c2nc(-c3ccccc3)cc(-c3ccccc3)n2)=CC2=C1c1ccccc1C21c2ccccc2-n2c3ccccc3c3cccc1c32. The van der Waals surface area contributed by atoms with Crippen LogP contribution in [0.3, 0.4) is 0 Å². The minimum Gasteiger partial charge on any atom is -0.309 e. The van der Waals surface area contributed by atoms with Crippen LogP contribution in [-0.4, -0.2) is 14.5 Å². The van der Waals surface area contributed by atoms with E-state index in [1.54, 1.807) is 0 Å². The Hall–Kier alpha value is -6.32. The maximum atomic E-state index is 5.33. The van der Waals surface area contributed by atoms with Crippen molar-refractivity contribution in [2.45, 2.75) is 18.8 Å². The van der Waals surface area contributed by atoms with Crippen LogP contribution in [-0.2, 0) is 5.41 Å². The average Bonchev–Trinajstić information content (AvgIpc) is 3.69. The molecular weight excluding hydrogens is 619 g/mol. The molecule has 6 aromatic carbocycles. The Kier molecular flexibility index (Phi) is 5.92. The quantitative estimate of drug-likeness (QED) is 0.190. The minimum atomic E-state index is -0.494. The molecule has 3 heterocycles. The van der Waals surface area contributed by atoms with Crippen LogP contribution in [0.5, 0.6) is 0 Å². The summed E-state index contributed by atoms with van der Waals surface area (Å²) in [7, 11) is 0. The summed E-state index contributed by atoms with van der Waals surface area (Å²) >= 11 is 0. The number of aromatic nitrogens is 3. The van der Waals surface area contributed by atoms with Gasteiger partial charge in [-0.25, -0.2) is 9.97 Å². The summed E-state index contributed by atoms with van der Waals surface area (Å²) in [5.74, 6) is 1.07. The lowest BCUT2D eigenvalue weighted by Crippen LogP contribution is -2.34. The van der Waals surface area contributed by atoms with Crippen LogP contribution in [0, 0.1) is 5.92 Å². The first-order valence-electron chi connectivity index (χ1n) is 17.9. The molecule has 0 N–H and O–H groups in total. The van der Waals surface area contributed by atoms with Gasteiger partial charge in [0.05, 0.1) is 33.5 Å². The predicted octanol–water partition coefficient (Wildman–Crippen LogP) is 11.4. The molecular formula is C48H33N3. The lowest BCUT2D eigenvalue weighted by atomic mass is 9.63. The lowest BCUT2D eigenvalue weighted by molar-refractivity contribution is 0.717. The molecule has 0 saturated heterocycles. The van der Waals surface area contributed by atoms with Crippen LogP contribution >= 0.6 is 0 Å². The molecule has 1 spiro atoms. The van der Waals surface area contributed by atoms with Gasteiger partial charge in [-0.15, -0.1) is 0 Å². The van der Waals surface area contributed by atoms with Crippen LogP contribution in [0.15, 0.2) is 169 Å². The molecule has 240 valence electrons. The Morgan fingerprint density at radius 3 is 1.96 bits per heavy atom.